The van der Waals surface area contributed by atoms with Crippen LogP contribution in [0.15, 0.2) is 24.3 Å². The smallest absolute Gasteiger partial charge is 0.149 e. The Morgan fingerprint density at radius 3 is 2.38 bits per heavy atom. The van der Waals surface area contributed by atoms with E-state index in [-0.39, 0.29) is 6.23 Å². The highest BCUT2D eigenvalue weighted by Crippen LogP contribution is 2.17. The topological polar surface area (TPSA) is 12.5 Å². The van der Waals surface area contributed by atoms with Gasteiger partial charge in [0.2, 0.25) is 0 Å². The molecule has 1 saturated heterocycles. The van der Waals surface area contributed by atoms with Gasteiger partial charge in [0.05, 0.1) is 0 Å². The van der Waals surface area contributed by atoms with Crippen LogP contribution < -0.4 is 4.74 Å². The molecule has 1 fully saturated rings. The molecule has 0 amide bonds. The van der Waals surface area contributed by atoms with Gasteiger partial charge in [-0.05, 0) is 44.4 Å². The second kappa shape index (κ2) is 5.35. The molecule has 2 nitrogen and oxygen atoms in total. The van der Waals surface area contributed by atoms with Gasteiger partial charge in [-0.2, -0.15) is 0 Å². The molecular weight excluding hydrogens is 198 g/mol. The molecule has 0 bridgehead atoms. The molecule has 1 aliphatic rings. The van der Waals surface area contributed by atoms with Crippen molar-refractivity contribution in [2.45, 2.75) is 32.4 Å². The van der Waals surface area contributed by atoms with Crippen LogP contribution in [0.5, 0.6) is 5.75 Å². The number of hydrogen-bond acceptors (Lipinski definition) is 2. The van der Waals surface area contributed by atoms with Gasteiger partial charge in [0.1, 0.15) is 12.0 Å². The van der Waals surface area contributed by atoms with Crippen molar-refractivity contribution < 1.29 is 4.74 Å². The highest BCUT2D eigenvalue weighted by atomic mass is 16.5. The number of ether oxygens (including phenoxy) is 1. The van der Waals surface area contributed by atoms with Crippen molar-refractivity contribution in [3.8, 4) is 5.75 Å². The van der Waals surface area contributed by atoms with Crippen LogP contribution in [-0.2, 0) is 0 Å². The second-order valence-electron chi connectivity index (χ2n) is 4.46. The summed E-state index contributed by atoms with van der Waals surface area (Å²) in [6.07, 6.45) is 4.13. The summed E-state index contributed by atoms with van der Waals surface area (Å²) in [5, 5.41) is 0. The summed E-state index contributed by atoms with van der Waals surface area (Å²) in [4.78, 5) is 2.40. The predicted molar refractivity (Wildman–Crippen MR) is 66.4 cm³/mol. The number of benzene rings is 1. The van der Waals surface area contributed by atoms with E-state index < -0.39 is 0 Å². The van der Waals surface area contributed by atoms with Crippen LogP contribution in [0.2, 0.25) is 0 Å². The molecule has 1 radical (unpaired) electrons. The standard InChI is InChI=1S/C14H20NO/c1-12-6-8-14(9-7-12)16-13(2)15-10-4-3-5-11-15/h6-9,13H,1,3-5,10-11H2,2H3. The van der Waals surface area contributed by atoms with Crippen molar-refractivity contribution >= 4 is 0 Å². The highest BCUT2D eigenvalue weighted by molar-refractivity contribution is 5.28. The second-order valence-corrected chi connectivity index (χ2v) is 4.46. The number of hydrogen-bond donors (Lipinski definition) is 0. The van der Waals surface area contributed by atoms with Gasteiger partial charge in [0, 0.05) is 13.1 Å². The molecule has 0 aliphatic carbocycles. The van der Waals surface area contributed by atoms with Crippen molar-refractivity contribution in [3.63, 3.8) is 0 Å². The molecule has 0 saturated carbocycles. The summed E-state index contributed by atoms with van der Waals surface area (Å²) in [7, 11) is 0. The van der Waals surface area contributed by atoms with Crippen molar-refractivity contribution in [2.75, 3.05) is 13.1 Å². The zero-order chi connectivity index (χ0) is 11.4. The van der Waals surface area contributed by atoms with Crippen LogP contribution in [0.4, 0.5) is 0 Å². The van der Waals surface area contributed by atoms with Crippen molar-refractivity contribution in [3.05, 3.63) is 36.8 Å². The van der Waals surface area contributed by atoms with E-state index in [0.29, 0.717) is 0 Å². The molecular formula is C14H20NO. The summed E-state index contributed by atoms with van der Waals surface area (Å²) in [6, 6.07) is 7.95. The van der Waals surface area contributed by atoms with E-state index in [1.165, 1.54) is 19.3 Å². The monoisotopic (exact) mass is 218 g/mol. The van der Waals surface area contributed by atoms with E-state index in [1.807, 2.05) is 24.3 Å². The minimum atomic E-state index is 0.177. The van der Waals surface area contributed by atoms with E-state index in [9.17, 15) is 0 Å². The van der Waals surface area contributed by atoms with Gasteiger partial charge < -0.3 is 4.74 Å². The van der Waals surface area contributed by atoms with E-state index in [4.69, 9.17) is 4.74 Å². The predicted octanol–water partition coefficient (Wildman–Crippen LogP) is 3.08. The van der Waals surface area contributed by atoms with Crippen LogP contribution in [0.25, 0.3) is 0 Å². The third-order valence-corrected chi connectivity index (χ3v) is 3.13. The summed E-state index contributed by atoms with van der Waals surface area (Å²) in [5.74, 6) is 0.936. The van der Waals surface area contributed by atoms with E-state index >= 15 is 0 Å². The minimum absolute atomic E-state index is 0.177. The Bertz CT molecular complexity index is 314. The maximum Gasteiger partial charge on any atom is 0.149 e. The number of likely N-dealkylation sites (tertiary alicyclic amines) is 1. The molecule has 1 aromatic rings. The fourth-order valence-corrected chi connectivity index (χ4v) is 2.12. The van der Waals surface area contributed by atoms with Crippen molar-refractivity contribution in [2.24, 2.45) is 0 Å². The van der Waals surface area contributed by atoms with Crippen LogP contribution >= 0.6 is 0 Å². The van der Waals surface area contributed by atoms with E-state index in [2.05, 4.69) is 18.7 Å². The van der Waals surface area contributed by atoms with Crippen molar-refractivity contribution in [1.82, 2.24) is 4.90 Å². The summed E-state index contributed by atoms with van der Waals surface area (Å²) >= 11 is 0. The number of nitrogens with zero attached hydrogens (tertiary/aromatic N) is 1. The average molecular weight is 218 g/mol. The van der Waals surface area contributed by atoms with E-state index in [1.54, 1.807) is 0 Å². The van der Waals surface area contributed by atoms with Gasteiger partial charge in [-0.1, -0.05) is 18.6 Å². The first-order valence-corrected chi connectivity index (χ1v) is 6.08. The normalized spacial score (nSPS) is 19.4. The third-order valence-electron chi connectivity index (χ3n) is 3.13. The lowest BCUT2D eigenvalue weighted by molar-refractivity contribution is 0.0262. The fourth-order valence-electron chi connectivity index (χ4n) is 2.12. The lowest BCUT2D eigenvalue weighted by Gasteiger charge is -2.32. The van der Waals surface area contributed by atoms with Crippen LogP contribution in [0.1, 0.15) is 31.7 Å². The van der Waals surface area contributed by atoms with Crippen LogP contribution in [0, 0.1) is 6.92 Å². The molecule has 16 heavy (non-hydrogen) atoms. The zero-order valence-corrected chi connectivity index (χ0v) is 9.98. The molecule has 0 spiro atoms. The SMILES string of the molecule is [CH2]c1ccc(OC(C)N2CCCCC2)cc1. The van der Waals surface area contributed by atoms with Gasteiger partial charge >= 0.3 is 0 Å². The average Bonchev–Trinajstić information content (AvgIpc) is 2.33. The maximum absolute atomic E-state index is 5.91. The molecule has 1 aromatic carbocycles. The Balaban J connectivity index is 1.90. The fraction of sp³-hybridized carbons (Fsp3) is 0.500. The first kappa shape index (κ1) is 11.5. The van der Waals surface area contributed by atoms with Gasteiger partial charge in [-0.25, -0.2) is 0 Å². The largest absolute Gasteiger partial charge is 0.475 e. The summed E-state index contributed by atoms with van der Waals surface area (Å²) < 4.78 is 5.91. The molecule has 1 atom stereocenters. The summed E-state index contributed by atoms with van der Waals surface area (Å²) in [6.45, 7) is 8.32. The summed E-state index contributed by atoms with van der Waals surface area (Å²) in [5.41, 5.74) is 1.03. The van der Waals surface area contributed by atoms with Gasteiger partial charge in [-0.15, -0.1) is 0 Å². The molecule has 2 rings (SSSR count). The van der Waals surface area contributed by atoms with E-state index in [0.717, 1.165) is 24.4 Å². The molecule has 1 heterocycles. The Labute approximate surface area is 98.2 Å². The number of piperidine rings is 1. The molecule has 0 aromatic heterocycles. The number of rotatable bonds is 3. The lowest BCUT2D eigenvalue weighted by Crippen LogP contribution is -2.40. The quantitative estimate of drug-likeness (QED) is 0.773. The maximum atomic E-state index is 5.91. The molecule has 2 heteroatoms. The zero-order valence-electron chi connectivity index (χ0n) is 9.98. The minimum Gasteiger partial charge on any atom is -0.475 e. The van der Waals surface area contributed by atoms with Gasteiger partial charge in [0.25, 0.3) is 0 Å². The van der Waals surface area contributed by atoms with Gasteiger partial charge in [-0.3, -0.25) is 4.90 Å². The lowest BCUT2D eigenvalue weighted by atomic mass is 10.1. The Morgan fingerprint density at radius 2 is 1.75 bits per heavy atom. The Kier molecular flexibility index (Phi) is 3.83. The molecule has 87 valence electrons. The molecule has 1 aliphatic heterocycles. The third kappa shape index (κ3) is 2.99. The first-order valence-electron chi connectivity index (χ1n) is 6.08. The van der Waals surface area contributed by atoms with Crippen molar-refractivity contribution in [1.29, 1.82) is 0 Å². The van der Waals surface area contributed by atoms with Gasteiger partial charge in [0.15, 0.2) is 0 Å². The molecule has 0 N–H and O–H groups in total. The van der Waals surface area contributed by atoms with Crippen LogP contribution in [-0.4, -0.2) is 24.2 Å². The first-order chi connectivity index (χ1) is 7.75. The van der Waals surface area contributed by atoms with Crippen LogP contribution in [0.3, 0.4) is 0 Å². The Hall–Kier alpha value is -1.02. The molecule has 1 unspecified atom stereocenters. The highest BCUT2D eigenvalue weighted by Gasteiger charge is 2.17. The Morgan fingerprint density at radius 1 is 1.12 bits per heavy atom.